The number of carbonyl (C=O) groups excluding carboxylic acids is 2. The van der Waals surface area contributed by atoms with Crippen LogP contribution in [0.3, 0.4) is 0 Å². The molecular formula is C76H93IN2O14P2. The van der Waals surface area contributed by atoms with Crippen LogP contribution in [-0.4, -0.2) is 116 Å². The molecule has 0 saturated heterocycles. The molecule has 0 aliphatic heterocycles. The average Bonchev–Trinajstić information content (AvgIpc) is 0.944. The monoisotopic (exact) mass is 1450 g/mol. The zero-order chi connectivity index (χ0) is 67.4. The van der Waals surface area contributed by atoms with Crippen molar-refractivity contribution in [3.05, 3.63) is 287 Å². The van der Waals surface area contributed by atoms with E-state index in [1.807, 2.05) is 263 Å². The molecule has 8 rings (SSSR count). The van der Waals surface area contributed by atoms with Crippen LogP contribution < -0.4 is 0 Å². The highest BCUT2D eigenvalue weighted by atomic mass is 127. The van der Waals surface area contributed by atoms with Crippen molar-refractivity contribution in [2.45, 2.75) is 110 Å². The lowest BCUT2D eigenvalue weighted by molar-refractivity contribution is -0.207. The van der Waals surface area contributed by atoms with Gasteiger partial charge in [0.15, 0.2) is 0 Å². The van der Waals surface area contributed by atoms with E-state index >= 15 is 0 Å². The van der Waals surface area contributed by atoms with E-state index in [9.17, 15) is 14.2 Å². The van der Waals surface area contributed by atoms with Crippen LogP contribution in [0.2, 0.25) is 0 Å². The van der Waals surface area contributed by atoms with Gasteiger partial charge < -0.3 is 46.6 Å². The van der Waals surface area contributed by atoms with Crippen molar-refractivity contribution in [3.63, 3.8) is 0 Å². The second-order valence-corrected chi connectivity index (χ2v) is 27.8. The van der Waals surface area contributed by atoms with Gasteiger partial charge in [-0.2, -0.15) is 0 Å². The van der Waals surface area contributed by atoms with Crippen molar-refractivity contribution in [3.8, 4) is 0 Å². The molecule has 0 aromatic heterocycles. The molecule has 95 heavy (non-hydrogen) atoms. The minimum absolute atomic E-state index is 0.0750. The van der Waals surface area contributed by atoms with Crippen LogP contribution in [0.1, 0.15) is 65.3 Å². The lowest BCUT2D eigenvalue weighted by Crippen LogP contribution is -2.49. The van der Waals surface area contributed by atoms with Crippen molar-refractivity contribution in [1.82, 2.24) is 10.1 Å². The first-order chi connectivity index (χ1) is 46.5. The topological polar surface area (TPSA) is 159 Å². The van der Waals surface area contributed by atoms with Crippen molar-refractivity contribution in [2.24, 2.45) is 0 Å². The molecule has 6 atom stereocenters. The summed E-state index contributed by atoms with van der Waals surface area (Å²) in [7, 11) is -3.64. The molecule has 2 amide bonds. The molecule has 0 N–H and O–H groups in total. The van der Waals surface area contributed by atoms with Gasteiger partial charge in [-0.25, -0.2) is 10.1 Å². The van der Waals surface area contributed by atoms with Crippen molar-refractivity contribution in [2.75, 3.05) is 56.8 Å². The molecule has 0 bridgehead atoms. The summed E-state index contributed by atoms with van der Waals surface area (Å²) in [5.74, 6) is 0. The molecular weight excluding hydrogens is 1350 g/mol. The van der Waals surface area contributed by atoms with E-state index < -0.39 is 46.3 Å². The lowest BCUT2D eigenvalue weighted by Gasteiger charge is -2.36. The second kappa shape index (κ2) is 46.7. The smallest absolute Gasteiger partial charge is 0.332 e. The molecule has 16 nitrogen and oxygen atoms in total. The highest BCUT2D eigenvalue weighted by Crippen LogP contribution is 2.40. The molecule has 0 radical (unpaired) electrons. The second-order valence-electron chi connectivity index (χ2n) is 22.2. The van der Waals surface area contributed by atoms with Crippen LogP contribution in [0.4, 0.5) is 0 Å². The average molecular weight is 1450 g/mol. The molecule has 19 heteroatoms. The Balaban J connectivity index is 0.000000263. The quantitative estimate of drug-likeness (QED) is 0.0117. The summed E-state index contributed by atoms with van der Waals surface area (Å²) in [6.45, 7) is 14.0. The minimum atomic E-state index is -2.58. The van der Waals surface area contributed by atoms with Crippen LogP contribution in [0.25, 0.3) is 0 Å². The molecule has 0 aliphatic rings. The normalized spacial score (nSPS) is 13.2. The number of amides is 2. The van der Waals surface area contributed by atoms with Gasteiger partial charge in [-0.05, 0) is 78.6 Å². The Hall–Kier alpha value is -6.35. The lowest BCUT2D eigenvalue weighted by atomic mass is 10.1. The van der Waals surface area contributed by atoms with Crippen LogP contribution in [0.15, 0.2) is 243 Å². The van der Waals surface area contributed by atoms with E-state index in [1.165, 1.54) is 10.1 Å². The Morgan fingerprint density at radius 2 is 0.589 bits per heavy atom. The SMILES string of the molecule is CCOP(OCC)OCC.CP(C)(=O)C[C@@H](OCc1ccccc1)[C@@H](OCc1ccccc1)[C@H](CN(C=O)OCc1ccccc1)OCc1ccccc1.O=CN(C[C@H](OCc1ccccc1)[C@H](OCc1ccccc1)[C@@H](CI)OCc1ccccc1)OCc1ccccc1. The molecule has 0 spiro atoms. The summed E-state index contributed by atoms with van der Waals surface area (Å²) in [5, 5.41) is 2.54. The maximum absolute atomic E-state index is 13.3. The maximum Gasteiger partial charge on any atom is 0.332 e. The van der Waals surface area contributed by atoms with Crippen molar-refractivity contribution in [1.29, 1.82) is 0 Å². The van der Waals surface area contributed by atoms with Gasteiger partial charge in [0.05, 0.1) is 91.9 Å². The summed E-state index contributed by atoms with van der Waals surface area (Å²) >= 11 is 2.33. The Labute approximate surface area is 577 Å². The summed E-state index contributed by atoms with van der Waals surface area (Å²) in [4.78, 5) is 36.3. The van der Waals surface area contributed by atoms with Crippen molar-refractivity contribution < 1.29 is 65.8 Å². The first kappa shape index (κ1) is 77.7. The van der Waals surface area contributed by atoms with Crippen molar-refractivity contribution >= 4 is 51.2 Å². The summed E-state index contributed by atoms with van der Waals surface area (Å²) in [5.41, 5.74) is 7.98. The molecule has 0 saturated carbocycles. The summed E-state index contributed by atoms with van der Waals surface area (Å²) < 4.78 is 68.6. The van der Waals surface area contributed by atoms with Crippen LogP contribution in [-0.2, 0) is 119 Å². The zero-order valence-corrected chi connectivity index (χ0v) is 59.1. The number of hydrogen-bond donors (Lipinski definition) is 0. The predicted octanol–water partition coefficient (Wildman–Crippen LogP) is 16.0. The van der Waals surface area contributed by atoms with Gasteiger partial charge in [-0.15, -0.1) is 0 Å². The highest BCUT2D eigenvalue weighted by Gasteiger charge is 2.37. The minimum Gasteiger partial charge on any atom is -0.370 e. The first-order valence-corrected chi connectivity index (χ1v) is 37.4. The van der Waals surface area contributed by atoms with Crippen LogP contribution in [0, 0.1) is 0 Å². The first-order valence-electron chi connectivity index (χ1n) is 32.0. The van der Waals surface area contributed by atoms with Gasteiger partial charge in [-0.1, -0.05) is 265 Å². The number of ether oxygens (including phenoxy) is 6. The molecule has 8 aromatic carbocycles. The Bertz CT molecular complexity index is 3240. The number of rotatable bonds is 43. The molecule has 0 heterocycles. The van der Waals surface area contributed by atoms with E-state index in [0.29, 0.717) is 63.5 Å². The van der Waals surface area contributed by atoms with E-state index in [2.05, 4.69) is 22.6 Å². The Kier molecular flexibility index (Phi) is 38.2. The van der Waals surface area contributed by atoms with Crippen LogP contribution >= 0.6 is 38.3 Å². The maximum atomic E-state index is 13.3. The Morgan fingerprint density at radius 1 is 0.358 bits per heavy atom. The number of hydroxylamine groups is 4. The zero-order valence-electron chi connectivity index (χ0n) is 55.2. The van der Waals surface area contributed by atoms with E-state index in [0.717, 1.165) is 44.5 Å². The van der Waals surface area contributed by atoms with E-state index in [-0.39, 0.29) is 51.8 Å². The number of carbonyl (C=O) groups is 2. The molecule has 0 unspecified atom stereocenters. The fourth-order valence-electron chi connectivity index (χ4n) is 9.46. The standard InChI is InChI=1S/C36H42NO6P.C34H36INO5.C6H15O3P/c1-44(2,39)28-35(41-25-31-17-9-4-10-18-31)36(42-26-32-19-11-5-12-20-32)34(40-24-30-15-7-3-8-16-30)23-37(29-38)43-27-33-21-13-6-14-22-33;35-21-32(38-23-28-13-5-1-6-14-28)34(40-25-30-17-9-3-10-18-30)33(39-24-29-15-7-2-8-16-29)22-36(27-37)41-26-31-19-11-4-12-20-31;1-4-7-10(8-5-2)9-6-3/h3-22,29,34-36H,23-28H2,1-2H3;1-20,27,32-34H,21-26H2;4-6H2,1-3H3/t34-,35+,36-;32-,33+,34-;/m01./s1. The number of nitrogens with zero attached hydrogens (tertiary/aromatic N) is 2. The molecule has 8 aromatic rings. The third-order valence-electron chi connectivity index (χ3n) is 14.2. The fraction of sp³-hybridized carbons (Fsp3) is 0.342. The van der Waals surface area contributed by atoms with Gasteiger partial charge in [0, 0.05) is 10.6 Å². The summed E-state index contributed by atoms with van der Waals surface area (Å²) in [6.07, 6.45) is -1.65. The third-order valence-corrected chi connectivity index (χ3v) is 17.7. The molecule has 508 valence electrons. The van der Waals surface area contributed by atoms with Gasteiger partial charge in [0.1, 0.15) is 37.6 Å². The van der Waals surface area contributed by atoms with Gasteiger partial charge in [0.2, 0.25) is 12.8 Å². The number of hydrogen-bond acceptors (Lipinski definition) is 14. The van der Waals surface area contributed by atoms with E-state index in [4.69, 9.17) is 51.7 Å². The Morgan fingerprint density at radius 3 is 0.832 bits per heavy atom. The number of benzene rings is 8. The molecule has 0 aliphatic carbocycles. The highest BCUT2D eigenvalue weighted by molar-refractivity contribution is 14.1. The number of halogens is 1. The molecule has 0 fully saturated rings. The largest absolute Gasteiger partial charge is 0.370 e. The van der Waals surface area contributed by atoms with Gasteiger partial charge >= 0.3 is 8.60 Å². The van der Waals surface area contributed by atoms with Crippen LogP contribution in [0.5, 0.6) is 0 Å². The summed E-state index contributed by atoms with van der Waals surface area (Å²) in [6, 6.07) is 79.0. The fourth-order valence-corrected chi connectivity index (χ4v) is 12.3. The number of alkyl halides is 1. The predicted molar refractivity (Wildman–Crippen MR) is 383 cm³/mol. The van der Waals surface area contributed by atoms with Gasteiger partial charge in [-0.3, -0.25) is 19.3 Å². The van der Waals surface area contributed by atoms with Gasteiger partial charge in [0.25, 0.3) is 0 Å². The third kappa shape index (κ3) is 32.0. The van der Waals surface area contributed by atoms with E-state index in [1.54, 1.807) is 13.3 Å².